The Bertz CT molecular complexity index is 486. The summed E-state index contributed by atoms with van der Waals surface area (Å²) < 4.78 is 5.22. The van der Waals surface area contributed by atoms with Gasteiger partial charge in [-0.3, -0.25) is 9.59 Å². The van der Waals surface area contributed by atoms with Crippen LogP contribution in [0.2, 0.25) is 0 Å². The summed E-state index contributed by atoms with van der Waals surface area (Å²) in [5.74, 6) is -1.08. The van der Waals surface area contributed by atoms with Gasteiger partial charge in [-0.15, -0.1) is 0 Å². The summed E-state index contributed by atoms with van der Waals surface area (Å²) in [6.45, 7) is 2.41. The second-order valence-electron chi connectivity index (χ2n) is 4.85. The van der Waals surface area contributed by atoms with E-state index in [9.17, 15) is 9.59 Å². The van der Waals surface area contributed by atoms with E-state index in [1.807, 2.05) is 6.92 Å². The van der Waals surface area contributed by atoms with Crippen LogP contribution in [-0.2, 0) is 9.59 Å². The van der Waals surface area contributed by atoms with Gasteiger partial charge in [-0.2, -0.15) is 0 Å². The quantitative estimate of drug-likeness (QED) is 0.859. The minimum Gasteiger partial charge on any atom is -0.481 e. The van der Waals surface area contributed by atoms with Gasteiger partial charge in [0.2, 0.25) is 11.8 Å². The fraction of sp³-hybridized carbons (Fsp3) is 0.500. The highest BCUT2D eigenvalue weighted by Crippen LogP contribution is 2.31. The van der Waals surface area contributed by atoms with Gasteiger partial charge in [0.1, 0.15) is 0 Å². The molecule has 20 heavy (non-hydrogen) atoms. The SMILES string of the molecule is CCOc1ccc(NC(=O)[C@@H]2CC[C@H](C(=O)O)C2)cn1. The number of aromatic nitrogens is 1. The monoisotopic (exact) mass is 278 g/mol. The molecular weight excluding hydrogens is 260 g/mol. The Morgan fingerprint density at radius 2 is 2.15 bits per heavy atom. The number of rotatable bonds is 5. The van der Waals surface area contributed by atoms with Crippen LogP contribution in [0.15, 0.2) is 18.3 Å². The molecule has 1 heterocycles. The Morgan fingerprint density at radius 3 is 2.70 bits per heavy atom. The van der Waals surface area contributed by atoms with E-state index in [0.29, 0.717) is 37.4 Å². The van der Waals surface area contributed by atoms with E-state index in [4.69, 9.17) is 9.84 Å². The van der Waals surface area contributed by atoms with Gasteiger partial charge in [-0.25, -0.2) is 4.98 Å². The molecule has 2 atom stereocenters. The van der Waals surface area contributed by atoms with Crippen molar-refractivity contribution in [2.75, 3.05) is 11.9 Å². The Hall–Kier alpha value is -2.11. The number of amides is 1. The summed E-state index contributed by atoms with van der Waals surface area (Å²) in [6.07, 6.45) is 3.13. The minimum atomic E-state index is -0.817. The van der Waals surface area contributed by atoms with Crippen LogP contribution in [0, 0.1) is 11.8 Å². The summed E-state index contributed by atoms with van der Waals surface area (Å²) in [5.41, 5.74) is 0.595. The lowest BCUT2D eigenvalue weighted by molar-refractivity contribution is -0.141. The number of hydrogen-bond acceptors (Lipinski definition) is 4. The number of carboxylic acids is 1. The largest absolute Gasteiger partial charge is 0.481 e. The highest BCUT2D eigenvalue weighted by molar-refractivity contribution is 5.93. The molecule has 0 unspecified atom stereocenters. The second-order valence-corrected chi connectivity index (χ2v) is 4.85. The number of pyridine rings is 1. The zero-order valence-electron chi connectivity index (χ0n) is 11.3. The van der Waals surface area contributed by atoms with Crippen molar-refractivity contribution in [1.29, 1.82) is 0 Å². The summed E-state index contributed by atoms with van der Waals surface area (Å²) in [6, 6.07) is 3.41. The van der Waals surface area contributed by atoms with Crippen LogP contribution in [0.1, 0.15) is 26.2 Å². The molecule has 1 aromatic rings. The molecule has 6 heteroatoms. The van der Waals surface area contributed by atoms with Crippen molar-refractivity contribution in [1.82, 2.24) is 4.98 Å². The number of carbonyl (C=O) groups is 2. The van der Waals surface area contributed by atoms with E-state index >= 15 is 0 Å². The minimum absolute atomic E-state index is 0.139. The molecule has 0 spiro atoms. The molecular formula is C14H18N2O4. The summed E-state index contributed by atoms with van der Waals surface area (Å²) in [7, 11) is 0. The van der Waals surface area contributed by atoms with Crippen molar-refractivity contribution in [2.24, 2.45) is 11.8 Å². The van der Waals surface area contributed by atoms with Gasteiger partial charge >= 0.3 is 5.97 Å². The molecule has 0 bridgehead atoms. The molecule has 0 saturated heterocycles. The van der Waals surface area contributed by atoms with Crippen LogP contribution in [0.3, 0.4) is 0 Å². The zero-order valence-corrected chi connectivity index (χ0v) is 11.3. The number of carbonyl (C=O) groups excluding carboxylic acids is 1. The average Bonchev–Trinajstić information content (AvgIpc) is 2.91. The molecule has 6 nitrogen and oxygen atoms in total. The summed E-state index contributed by atoms with van der Waals surface area (Å²) in [5, 5.41) is 11.7. The van der Waals surface area contributed by atoms with Crippen LogP contribution >= 0.6 is 0 Å². The number of aliphatic carboxylic acids is 1. The first kappa shape index (κ1) is 14.3. The van der Waals surface area contributed by atoms with Gasteiger partial charge < -0.3 is 15.2 Å². The Morgan fingerprint density at radius 1 is 1.40 bits per heavy atom. The topological polar surface area (TPSA) is 88.5 Å². The number of anilines is 1. The highest BCUT2D eigenvalue weighted by atomic mass is 16.5. The van der Waals surface area contributed by atoms with Crippen LogP contribution in [0.25, 0.3) is 0 Å². The van der Waals surface area contributed by atoms with Gasteiger partial charge in [-0.1, -0.05) is 0 Å². The first-order valence-corrected chi connectivity index (χ1v) is 6.72. The number of nitrogens with one attached hydrogen (secondary N) is 1. The van der Waals surface area contributed by atoms with E-state index in [2.05, 4.69) is 10.3 Å². The molecule has 0 aromatic carbocycles. The average molecular weight is 278 g/mol. The fourth-order valence-corrected chi connectivity index (χ4v) is 2.38. The first-order valence-electron chi connectivity index (χ1n) is 6.72. The third-order valence-corrected chi connectivity index (χ3v) is 3.45. The summed E-state index contributed by atoms with van der Waals surface area (Å²) >= 11 is 0. The number of hydrogen-bond donors (Lipinski definition) is 2. The third kappa shape index (κ3) is 3.46. The molecule has 0 radical (unpaired) electrons. The molecule has 0 aliphatic heterocycles. The van der Waals surface area contributed by atoms with Crippen molar-refractivity contribution in [2.45, 2.75) is 26.2 Å². The molecule has 1 amide bonds. The van der Waals surface area contributed by atoms with Crippen LogP contribution in [0.5, 0.6) is 5.88 Å². The Labute approximate surface area is 117 Å². The second kappa shape index (κ2) is 6.36. The van der Waals surface area contributed by atoms with Crippen LogP contribution in [-0.4, -0.2) is 28.6 Å². The molecule has 1 aliphatic carbocycles. The van der Waals surface area contributed by atoms with E-state index in [-0.39, 0.29) is 11.8 Å². The van der Waals surface area contributed by atoms with Gasteiger partial charge in [0.15, 0.2) is 0 Å². The van der Waals surface area contributed by atoms with Gasteiger partial charge in [0, 0.05) is 12.0 Å². The van der Waals surface area contributed by atoms with Gasteiger partial charge in [0.05, 0.1) is 24.4 Å². The Kier molecular flexibility index (Phi) is 4.55. The van der Waals surface area contributed by atoms with Gasteiger partial charge in [0.25, 0.3) is 0 Å². The maximum Gasteiger partial charge on any atom is 0.306 e. The van der Waals surface area contributed by atoms with E-state index < -0.39 is 11.9 Å². The lowest BCUT2D eigenvalue weighted by Gasteiger charge is -2.11. The van der Waals surface area contributed by atoms with Crippen molar-refractivity contribution >= 4 is 17.6 Å². The third-order valence-electron chi connectivity index (χ3n) is 3.45. The number of carboxylic acid groups (broad SMARTS) is 1. The van der Waals surface area contributed by atoms with Crippen molar-refractivity contribution in [3.63, 3.8) is 0 Å². The van der Waals surface area contributed by atoms with Gasteiger partial charge in [-0.05, 0) is 32.3 Å². The normalized spacial score (nSPS) is 21.4. The molecule has 1 saturated carbocycles. The van der Waals surface area contributed by atoms with Crippen LogP contribution in [0.4, 0.5) is 5.69 Å². The molecule has 1 aliphatic rings. The lowest BCUT2D eigenvalue weighted by atomic mass is 10.0. The molecule has 108 valence electrons. The highest BCUT2D eigenvalue weighted by Gasteiger charge is 2.33. The zero-order chi connectivity index (χ0) is 14.5. The van der Waals surface area contributed by atoms with E-state index in [1.54, 1.807) is 12.1 Å². The van der Waals surface area contributed by atoms with Crippen LogP contribution < -0.4 is 10.1 Å². The molecule has 2 N–H and O–H groups in total. The van der Waals surface area contributed by atoms with Crippen molar-refractivity contribution in [3.8, 4) is 5.88 Å². The predicted octanol–water partition coefficient (Wildman–Crippen LogP) is 1.92. The van der Waals surface area contributed by atoms with Crippen molar-refractivity contribution in [3.05, 3.63) is 18.3 Å². The lowest BCUT2D eigenvalue weighted by Crippen LogP contribution is -2.21. The molecule has 1 aromatic heterocycles. The van der Waals surface area contributed by atoms with E-state index in [1.165, 1.54) is 6.20 Å². The van der Waals surface area contributed by atoms with Crippen molar-refractivity contribution < 1.29 is 19.4 Å². The molecule has 1 fully saturated rings. The smallest absolute Gasteiger partial charge is 0.306 e. The standard InChI is InChI=1S/C14H18N2O4/c1-2-20-12-6-5-11(8-15-12)16-13(17)9-3-4-10(7-9)14(18)19/h5-6,8-10H,2-4,7H2,1H3,(H,16,17)(H,18,19)/t9-,10+/m1/s1. The first-order chi connectivity index (χ1) is 9.60. The predicted molar refractivity (Wildman–Crippen MR) is 72.5 cm³/mol. The summed E-state index contributed by atoms with van der Waals surface area (Å²) in [4.78, 5) is 27.0. The number of nitrogens with zero attached hydrogens (tertiary/aromatic N) is 1. The molecule has 2 rings (SSSR count). The fourth-order valence-electron chi connectivity index (χ4n) is 2.38. The maximum atomic E-state index is 12.0. The maximum absolute atomic E-state index is 12.0. The number of ether oxygens (including phenoxy) is 1. The van der Waals surface area contributed by atoms with E-state index in [0.717, 1.165) is 0 Å². The Balaban J connectivity index is 1.90.